The van der Waals surface area contributed by atoms with Gasteiger partial charge < -0.3 is 0 Å². The summed E-state index contributed by atoms with van der Waals surface area (Å²) in [5.74, 6) is 1.19. The highest BCUT2D eigenvalue weighted by atomic mass is 14.3. The van der Waals surface area contributed by atoms with Crippen LogP contribution in [0.2, 0.25) is 0 Å². The Hall–Kier alpha value is -0.770. The molecule has 0 N–H and O–H groups in total. The highest BCUT2D eigenvalue weighted by Gasteiger charge is 2.19. The Morgan fingerprint density at radius 2 is 1.86 bits per heavy atom. The van der Waals surface area contributed by atoms with Crippen LogP contribution in [-0.4, -0.2) is 0 Å². The van der Waals surface area contributed by atoms with Crippen LogP contribution in [0.5, 0.6) is 0 Å². The quantitative estimate of drug-likeness (QED) is 0.601. The number of hydrogen-bond acceptors (Lipinski definition) is 1. The van der Waals surface area contributed by atoms with E-state index in [4.69, 9.17) is 5.26 Å². The first-order chi connectivity index (χ1) is 6.49. The van der Waals surface area contributed by atoms with Crippen molar-refractivity contribution < 1.29 is 0 Å². The van der Waals surface area contributed by atoms with E-state index in [9.17, 15) is 0 Å². The number of nitriles is 1. The van der Waals surface area contributed by atoms with E-state index in [0.717, 1.165) is 12.8 Å². The minimum absolute atomic E-state index is 0.209. The third kappa shape index (κ3) is 5.07. The number of nitrogens with zero attached hydrogens (tertiary/aromatic N) is 1. The highest BCUT2D eigenvalue weighted by Crippen LogP contribution is 2.24. The predicted octanol–water partition coefficient (Wildman–Crippen LogP) is 4.16. The molecule has 0 aromatic carbocycles. The molecule has 2 atom stereocenters. The predicted molar refractivity (Wildman–Crippen MR) is 61.8 cm³/mol. The molecule has 0 aliphatic heterocycles. The summed E-state index contributed by atoms with van der Waals surface area (Å²) in [4.78, 5) is 0. The molecule has 0 heterocycles. The second kappa shape index (κ2) is 6.65. The van der Waals surface area contributed by atoms with Crippen LogP contribution in [0.1, 0.15) is 47.5 Å². The maximum atomic E-state index is 9.01. The fraction of sp³-hybridized carbons (Fsp3) is 0.769. The molecular formula is C13H23N. The largest absolute Gasteiger partial charge is 0.198 e. The molecule has 0 spiro atoms. The Morgan fingerprint density at radius 1 is 1.29 bits per heavy atom. The molecular weight excluding hydrogens is 170 g/mol. The molecule has 0 aliphatic rings. The lowest BCUT2D eigenvalue weighted by Gasteiger charge is -2.20. The van der Waals surface area contributed by atoms with Gasteiger partial charge in [0, 0.05) is 0 Å². The summed E-state index contributed by atoms with van der Waals surface area (Å²) >= 11 is 0. The van der Waals surface area contributed by atoms with Gasteiger partial charge in [-0.15, -0.1) is 0 Å². The Kier molecular flexibility index (Phi) is 6.28. The Morgan fingerprint density at radius 3 is 2.21 bits per heavy atom. The molecule has 0 amide bonds. The van der Waals surface area contributed by atoms with E-state index in [1.54, 1.807) is 0 Å². The van der Waals surface area contributed by atoms with Crippen molar-refractivity contribution in [3.63, 3.8) is 0 Å². The average Bonchev–Trinajstić information content (AvgIpc) is 2.03. The van der Waals surface area contributed by atoms with E-state index >= 15 is 0 Å². The van der Waals surface area contributed by atoms with Crippen molar-refractivity contribution in [2.24, 2.45) is 17.8 Å². The third-order valence-corrected chi connectivity index (χ3v) is 2.65. The molecule has 1 nitrogen and oxygen atoms in total. The average molecular weight is 193 g/mol. The van der Waals surface area contributed by atoms with Crippen LogP contribution in [0.4, 0.5) is 0 Å². The molecule has 14 heavy (non-hydrogen) atoms. The van der Waals surface area contributed by atoms with Gasteiger partial charge in [-0.05, 0) is 38.5 Å². The summed E-state index contributed by atoms with van der Waals surface area (Å²) in [6.07, 6.45) is 4.49. The number of hydrogen-bond donors (Lipinski definition) is 0. The van der Waals surface area contributed by atoms with Gasteiger partial charge in [0.15, 0.2) is 0 Å². The summed E-state index contributed by atoms with van der Waals surface area (Å²) in [5, 5.41) is 9.01. The van der Waals surface area contributed by atoms with Crippen LogP contribution < -0.4 is 0 Å². The molecule has 0 radical (unpaired) electrons. The second-order valence-electron chi connectivity index (χ2n) is 4.74. The molecule has 0 saturated carbocycles. The van der Waals surface area contributed by atoms with Crippen molar-refractivity contribution in [2.75, 3.05) is 0 Å². The fourth-order valence-corrected chi connectivity index (χ4v) is 1.75. The summed E-state index contributed by atoms with van der Waals surface area (Å²) in [6, 6.07) is 2.42. The topological polar surface area (TPSA) is 23.8 Å². The van der Waals surface area contributed by atoms with Gasteiger partial charge in [-0.1, -0.05) is 32.4 Å². The van der Waals surface area contributed by atoms with Gasteiger partial charge in [-0.2, -0.15) is 5.26 Å². The molecule has 80 valence electrons. The van der Waals surface area contributed by atoms with Crippen LogP contribution in [0.3, 0.4) is 0 Å². The Bertz CT molecular complexity index is 216. The maximum Gasteiger partial charge on any atom is 0.0661 e. The van der Waals surface area contributed by atoms with E-state index in [1.165, 1.54) is 5.57 Å². The Labute approximate surface area is 88.8 Å². The molecule has 0 aromatic rings. The van der Waals surface area contributed by atoms with Crippen molar-refractivity contribution in [3.8, 4) is 6.07 Å². The third-order valence-electron chi connectivity index (χ3n) is 2.65. The number of rotatable bonds is 5. The van der Waals surface area contributed by atoms with E-state index < -0.39 is 0 Å². The summed E-state index contributed by atoms with van der Waals surface area (Å²) < 4.78 is 0. The highest BCUT2D eigenvalue weighted by molar-refractivity contribution is 4.94. The smallest absolute Gasteiger partial charge is 0.0661 e. The molecule has 0 saturated heterocycles. The van der Waals surface area contributed by atoms with Crippen LogP contribution in [0.15, 0.2) is 11.6 Å². The molecule has 0 rings (SSSR count). The minimum Gasteiger partial charge on any atom is -0.198 e. The van der Waals surface area contributed by atoms with Crippen LogP contribution in [-0.2, 0) is 0 Å². The van der Waals surface area contributed by atoms with Gasteiger partial charge >= 0.3 is 0 Å². The normalized spacial score (nSPS) is 14.6. The van der Waals surface area contributed by atoms with E-state index in [2.05, 4.69) is 46.8 Å². The summed E-state index contributed by atoms with van der Waals surface area (Å²) in [6.45, 7) is 10.7. The zero-order valence-electron chi connectivity index (χ0n) is 10.2. The first-order valence-electron chi connectivity index (χ1n) is 5.52. The van der Waals surface area contributed by atoms with Gasteiger partial charge in [0.1, 0.15) is 0 Å². The Balaban J connectivity index is 4.01. The van der Waals surface area contributed by atoms with Crippen molar-refractivity contribution in [1.29, 1.82) is 5.26 Å². The molecule has 1 heteroatoms. The lowest BCUT2D eigenvalue weighted by Crippen LogP contribution is -2.15. The summed E-state index contributed by atoms with van der Waals surface area (Å²) in [5.41, 5.74) is 1.37. The van der Waals surface area contributed by atoms with Gasteiger partial charge in [-0.25, -0.2) is 0 Å². The zero-order valence-corrected chi connectivity index (χ0v) is 10.2. The maximum absolute atomic E-state index is 9.01. The fourth-order valence-electron chi connectivity index (χ4n) is 1.75. The van der Waals surface area contributed by atoms with Crippen LogP contribution >= 0.6 is 0 Å². The molecule has 0 fully saturated rings. The number of allylic oxidation sites excluding steroid dienone is 2. The van der Waals surface area contributed by atoms with Crippen LogP contribution in [0, 0.1) is 29.1 Å². The van der Waals surface area contributed by atoms with Crippen LogP contribution in [0.25, 0.3) is 0 Å². The second-order valence-corrected chi connectivity index (χ2v) is 4.74. The minimum atomic E-state index is 0.209. The molecule has 0 bridgehead atoms. The zero-order chi connectivity index (χ0) is 11.1. The molecule has 2 unspecified atom stereocenters. The monoisotopic (exact) mass is 193 g/mol. The first kappa shape index (κ1) is 13.2. The van der Waals surface area contributed by atoms with E-state index in [-0.39, 0.29) is 5.92 Å². The van der Waals surface area contributed by atoms with Gasteiger partial charge in [0.05, 0.1) is 12.0 Å². The molecule has 0 aromatic heterocycles. The van der Waals surface area contributed by atoms with E-state index in [1.807, 2.05) is 0 Å². The lowest BCUT2D eigenvalue weighted by molar-refractivity contribution is 0.327. The van der Waals surface area contributed by atoms with Crippen molar-refractivity contribution >= 4 is 0 Å². The first-order valence-corrected chi connectivity index (χ1v) is 5.52. The van der Waals surface area contributed by atoms with Gasteiger partial charge in [-0.3, -0.25) is 0 Å². The summed E-state index contributed by atoms with van der Waals surface area (Å²) in [7, 11) is 0. The van der Waals surface area contributed by atoms with E-state index in [0.29, 0.717) is 11.8 Å². The standard InChI is InChI=1S/C13H23N/c1-10(2)7-6-8-12(5)13(9-14)11(3)4/h7,11-13H,6,8H2,1-5H3. The van der Waals surface area contributed by atoms with Crippen molar-refractivity contribution in [2.45, 2.75) is 47.5 Å². The van der Waals surface area contributed by atoms with Gasteiger partial charge in [0.25, 0.3) is 0 Å². The molecule has 0 aliphatic carbocycles. The van der Waals surface area contributed by atoms with Crippen molar-refractivity contribution in [3.05, 3.63) is 11.6 Å². The van der Waals surface area contributed by atoms with Gasteiger partial charge in [0.2, 0.25) is 0 Å². The van der Waals surface area contributed by atoms with Crippen molar-refractivity contribution in [1.82, 2.24) is 0 Å². The lowest BCUT2D eigenvalue weighted by atomic mass is 9.83. The SMILES string of the molecule is CC(C)=CCCC(C)C(C#N)C(C)C.